The third-order valence-electron chi connectivity index (χ3n) is 5.65. The van der Waals surface area contributed by atoms with Gasteiger partial charge in [0.15, 0.2) is 0 Å². The smallest absolute Gasteiger partial charge is 0.223 e. The number of carbonyl (C=O) groups excluding carboxylic acids is 1. The summed E-state index contributed by atoms with van der Waals surface area (Å²) in [6.45, 7) is 9.23. The molecule has 1 N–H and O–H groups in total. The van der Waals surface area contributed by atoms with Crippen LogP contribution < -0.4 is 10.1 Å². The molecule has 0 spiro atoms. The van der Waals surface area contributed by atoms with E-state index in [1.807, 2.05) is 19.1 Å². The Morgan fingerprint density at radius 2 is 1.87 bits per heavy atom. The minimum absolute atomic E-state index is 0.0427. The summed E-state index contributed by atoms with van der Waals surface area (Å²) in [4.78, 5) is 12.3. The molecule has 160 valence electrons. The van der Waals surface area contributed by atoms with Crippen molar-refractivity contribution in [2.75, 3.05) is 13.7 Å². The molecule has 3 rings (SSSR count). The van der Waals surface area contributed by atoms with Gasteiger partial charge in [0.05, 0.1) is 7.11 Å². The van der Waals surface area contributed by atoms with E-state index in [0.29, 0.717) is 6.04 Å². The van der Waals surface area contributed by atoms with Crippen molar-refractivity contribution in [1.29, 1.82) is 0 Å². The van der Waals surface area contributed by atoms with Gasteiger partial charge in [-0.05, 0) is 61.6 Å². The molecule has 0 radical (unpaired) electrons. The van der Waals surface area contributed by atoms with E-state index in [4.69, 9.17) is 4.74 Å². The summed E-state index contributed by atoms with van der Waals surface area (Å²) in [5.74, 6) is 1.00. The second-order valence-corrected chi connectivity index (χ2v) is 8.39. The molecule has 4 nitrogen and oxygen atoms in total. The minimum Gasteiger partial charge on any atom is -0.496 e. The quantitative estimate of drug-likeness (QED) is 0.508. The van der Waals surface area contributed by atoms with E-state index in [1.54, 1.807) is 7.11 Å². The van der Waals surface area contributed by atoms with Crippen LogP contribution in [-0.4, -0.2) is 24.1 Å². The van der Waals surface area contributed by atoms with E-state index in [2.05, 4.69) is 67.2 Å². The van der Waals surface area contributed by atoms with Gasteiger partial charge in [-0.2, -0.15) is 0 Å². The number of hydrogen-bond acceptors (Lipinski definition) is 2. The van der Waals surface area contributed by atoms with Gasteiger partial charge in [0.25, 0.3) is 0 Å². The predicted molar refractivity (Wildman–Crippen MR) is 124 cm³/mol. The molecular weight excluding hydrogens is 372 g/mol. The summed E-state index contributed by atoms with van der Waals surface area (Å²) in [5, 5.41) is 4.27. The van der Waals surface area contributed by atoms with Crippen molar-refractivity contribution in [1.82, 2.24) is 9.88 Å². The number of para-hydroxylation sites is 1. The van der Waals surface area contributed by atoms with E-state index in [-0.39, 0.29) is 11.8 Å². The van der Waals surface area contributed by atoms with Gasteiger partial charge in [-0.15, -0.1) is 0 Å². The zero-order valence-electron chi connectivity index (χ0n) is 18.9. The van der Waals surface area contributed by atoms with Gasteiger partial charge in [-0.3, -0.25) is 4.79 Å². The van der Waals surface area contributed by atoms with Crippen molar-refractivity contribution in [3.63, 3.8) is 0 Å². The molecule has 1 unspecified atom stereocenters. The average molecular weight is 407 g/mol. The van der Waals surface area contributed by atoms with Crippen molar-refractivity contribution < 1.29 is 9.53 Å². The van der Waals surface area contributed by atoms with E-state index >= 15 is 0 Å². The first-order chi connectivity index (χ1) is 14.4. The lowest BCUT2D eigenvalue weighted by atomic mass is 9.97. The summed E-state index contributed by atoms with van der Waals surface area (Å²) < 4.78 is 7.90. The Kier molecular flexibility index (Phi) is 7.20. The molecule has 0 aliphatic rings. The Bertz CT molecular complexity index is 1000. The number of methoxy groups -OCH3 is 1. The molecule has 3 aromatic rings. The molecule has 0 saturated heterocycles. The number of nitrogens with zero attached hydrogens (tertiary/aromatic N) is 1. The van der Waals surface area contributed by atoms with Crippen LogP contribution in [0.2, 0.25) is 0 Å². The summed E-state index contributed by atoms with van der Waals surface area (Å²) in [6.07, 6.45) is 4.78. The lowest BCUT2D eigenvalue weighted by Crippen LogP contribution is -2.30. The second-order valence-electron chi connectivity index (χ2n) is 8.39. The summed E-state index contributed by atoms with van der Waals surface area (Å²) in [5.41, 5.74) is 4.90. The molecule has 0 aliphatic carbocycles. The van der Waals surface area contributed by atoms with Crippen LogP contribution in [0.25, 0.3) is 10.9 Å². The first kappa shape index (κ1) is 21.9. The largest absolute Gasteiger partial charge is 0.496 e. The van der Waals surface area contributed by atoms with E-state index in [1.165, 1.54) is 27.6 Å². The fourth-order valence-corrected chi connectivity index (χ4v) is 3.99. The van der Waals surface area contributed by atoms with Crippen molar-refractivity contribution in [3.8, 4) is 5.75 Å². The van der Waals surface area contributed by atoms with Gasteiger partial charge >= 0.3 is 0 Å². The lowest BCUT2D eigenvalue weighted by Gasteiger charge is -2.13. The first-order valence-electron chi connectivity index (χ1n) is 11.0. The number of rotatable bonds is 9. The zero-order chi connectivity index (χ0) is 21.7. The van der Waals surface area contributed by atoms with Crippen LogP contribution in [0.3, 0.4) is 0 Å². The Morgan fingerprint density at radius 3 is 2.57 bits per heavy atom. The molecule has 1 heterocycles. The number of amides is 1. The zero-order valence-corrected chi connectivity index (χ0v) is 18.9. The van der Waals surface area contributed by atoms with Gasteiger partial charge < -0.3 is 14.6 Å². The first-order valence-corrected chi connectivity index (χ1v) is 11.0. The fourth-order valence-electron chi connectivity index (χ4n) is 3.99. The van der Waals surface area contributed by atoms with Crippen LogP contribution in [0.15, 0.2) is 48.7 Å². The summed E-state index contributed by atoms with van der Waals surface area (Å²) in [7, 11) is 1.72. The van der Waals surface area contributed by atoms with Gasteiger partial charge in [0, 0.05) is 42.0 Å². The normalized spacial score (nSPS) is 12.3. The maximum absolute atomic E-state index is 12.3. The Morgan fingerprint density at radius 1 is 1.10 bits per heavy atom. The number of benzene rings is 2. The standard InChI is InChI=1S/C26H34N2O2/c1-6-13-27-26(29)19(4)14-20-11-12-24-23(15-20)22(17-28(24)18(2)3)16-21-9-7-8-10-25(21)30-5/h7-12,15,17-19H,6,13-14,16H2,1-5H3,(H,27,29). The number of hydrogen-bond donors (Lipinski definition) is 1. The molecule has 0 saturated carbocycles. The van der Waals surface area contributed by atoms with E-state index in [0.717, 1.165) is 31.6 Å². The molecule has 0 bridgehead atoms. The molecule has 2 aromatic carbocycles. The molecular formula is C26H34N2O2. The molecule has 1 atom stereocenters. The molecule has 0 fully saturated rings. The van der Waals surface area contributed by atoms with Gasteiger partial charge in [-0.25, -0.2) is 0 Å². The Balaban J connectivity index is 1.94. The summed E-state index contributed by atoms with van der Waals surface area (Å²) >= 11 is 0. The predicted octanol–water partition coefficient (Wildman–Crippen LogP) is 5.53. The Labute approximate surface area is 180 Å². The number of aromatic nitrogens is 1. The highest BCUT2D eigenvalue weighted by molar-refractivity contribution is 5.86. The molecule has 1 amide bonds. The summed E-state index contributed by atoms with van der Waals surface area (Å²) in [6, 6.07) is 15.2. The maximum atomic E-state index is 12.3. The van der Waals surface area contributed by atoms with Crippen molar-refractivity contribution in [2.24, 2.45) is 5.92 Å². The highest BCUT2D eigenvalue weighted by atomic mass is 16.5. The molecule has 0 aliphatic heterocycles. The highest BCUT2D eigenvalue weighted by Gasteiger charge is 2.16. The highest BCUT2D eigenvalue weighted by Crippen LogP contribution is 2.30. The van der Waals surface area contributed by atoms with Gasteiger partial charge in [0.1, 0.15) is 5.75 Å². The Hall–Kier alpha value is -2.75. The topological polar surface area (TPSA) is 43.3 Å². The van der Waals surface area contributed by atoms with E-state index < -0.39 is 0 Å². The molecule has 1 aromatic heterocycles. The van der Waals surface area contributed by atoms with Crippen LogP contribution in [0.1, 0.15) is 56.8 Å². The van der Waals surface area contributed by atoms with Crippen LogP contribution in [-0.2, 0) is 17.6 Å². The number of carbonyl (C=O) groups is 1. The van der Waals surface area contributed by atoms with Crippen LogP contribution in [0.5, 0.6) is 5.75 Å². The van der Waals surface area contributed by atoms with Crippen LogP contribution in [0.4, 0.5) is 0 Å². The number of ether oxygens (including phenoxy) is 1. The van der Waals surface area contributed by atoms with Gasteiger partial charge in [0.2, 0.25) is 5.91 Å². The molecule has 30 heavy (non-hydrogen) atoms. The number of nitrogens with one attached hydrogen (secondary N) is 1. The third-order valence-corrected chi connectivity index (χ3v) is 5.65. The molecule has 4 heteroatoms. The SMILES string of the molecule is CCCNC(=O)C(C)Cc1ccc2c(c1)c(Cc1ccccc1OC)cn2C(C)C. The van der Waals surface area contributed by atoms with Gasteiger partial charge in [-0.1, -0.05) is 38.1 Å². The lowest BCUT2D eigenvalue weighted by molar-refractivity contribution is -0.124. The average Bonchev–Trinajstić information content (AvgIpc) is 3.10. The van der Waals surface area contributed by atoms with E-state index in [9.17, 15) is 4.79 Å². The van der Waals surface area contributed by atoms with Crippen molar-refractivity contribution in [3.05, 3.63) is 65.4 Å². The van der Waals surface area contributed by atoms with Crippen LogP contribution in [0, 0.1) is 5.92 Å². The van der Waals surface area contributed by atoms with Crippen molar-refractivity contribution >= 4 is 16.8 Å². The minimum atomic E-state index is -0.0427. The monoisotopic (exact) mass is 406 g/mol. The third kappa shape index (κ3) is 4.86. The van der Waals surface area contributed by atoms with Crippen molar-refractivity contribution in [2.45, 2.75) is 53.0 Å². The number of fused-ring (bicyclic) bond motifs is 1. The second kappa shape index (κ2) is 9.84. The van der Waals surface area contributed by atoms with Crippen LogP contribution >= 0.6 is 0 Å². The fraction of sp³-hybridized carbons (Fsp3) is 0.423. The maximum Gasteiger partial charge on any atom is 0.223 e.